The van der Waals surface area contributed by atoms with Crippen molar-refractivity contribution in [1.82, 2.24) is 0 Å². The van der Waals surface area contributed by atoms with Crippen LogP contribution in [0.25, 0.3) is 0 Å². The molecule has 2 unspecified atom stereocenters. The minimum absolute atomic E-state index is 0.203. The van der Waals surface area contributed by atoms with E-state index in [0.717, 1.165) is 24.3 Å². The third kappa shape index (κ3) is 6.23. The summed E-state index contributed by atoms with van der Waals surface area (Å²) in [7, 11) is 1.40. The largest absolute Gasteiger partial charge is 0.463 e. The first kappa shape index (κ1) is 31.6. The zero-order chi connectivity index (χ0) is 30.3. The molecular weight excluding hydrogens is 558 g/mol. The van der Waals surface area contributed by atoms with Gasteiger partial charge in [0, 0.05) is 31.8 Å². The Bertz CT molecular complexity index is 1280. The molecule has 0 radical (unpaired) electrons. The Morgan fingerprint density at radius 1 is 0.634 bits per heavy atom. The minimum atomic E-state index is -5.26. The summed E-state index contributed by atoms with van der Waals surface area (Å²) in [6, 6.07) is 19.7. The second-order valence-electron chi connectivity index (χ2n) is 8.73. The Morgan fingerprint density at radius 3 is 1.41 bits per heavy atom. The van der Waals surface area contributed by atoms with Crippen molar-refractivity contribution in [2.45, 2.75) is 36.1 Å². The van der Waals surface area contributed by atoms with Crippen molar-refractivity contribution >= 4 is 11.9 Å². The fourth-order valence-electron chi connectivity index (χ4n) is 4.31. The van der Waals surface area contributed by atoms with Crippen LogP contribution >= 0.6 is 0 Å². The van der Waals surface area contributed by atoms with Gasteiger partial charge in [-0.05, 0) is 5.56 Å². The second-order valence-corrected chi connectivity index (χ2v) is 8.73. The average molecular weight is 585 g/mol. The number of hydrogen-bond donors (Lipinski definition) is 0. The number of rotatable bonds is 11. The van der Waals surface area contributed by atoms with Gasteiger partial charge in [0.15, 0.2) is 0 Å². The fourth-order valence-corrected chi connectivity index (χ4v) is 4.31. The van der Waals surface area contributed by atoms with Gasteiger partial charge in [-0.3, -0.25) is 0 Å². The molecule has 12 heteroatoms. The van der Waals surface area contributed by atoms with E-state index in [9.17, 15) is 35.9 Å². The summed E-state index contributed by atoms with van der Waals surface area (Å²) in [5, 5.41) is 0. The lowest BCUT2D eigenvalue weighted by atomic mass is 9.92. The van der Waals surface area contributed by atoms with E-state index in [0.29, 0.717) is 14.2 Å². The van der Waals surface area contributed by atoms with Gasteiger partial charge in [0.2, 0.25) is 0 Å². The van der Waals surface area contributed by atoms with Crippen LogP contribution in [0, 0.1) is 0 Å². The number of carbonyl (C=O) groups excluding carboxylic acids is 2. The summed E-state index contributed by atoms with van der Waals surface area (Å²) < 4.78 is 105. The second kappa shape index (κ2) is 12.7. The lowest BCUT2D eigenvalue weighted by Gasteiger charge is -2.34. The van der Waals surface area contributed by atoms with Crippen LogP contribution in [0.3, 0.4) is 0 Å². The van der Waals surface area contributed by atoms with Crippen molar-refractivity contribution in [2.75, 3.05) is 20.8 Å². The van der Waals surface area contributed by atoms with Gasteiger partial charge in [-0.25, -0.2) is 9.59 Å². The normalized spacial score (nSPS) is 15.7. The third-order valence-electron chi connectivity index (χ3n) is 6.38. The topological polar surface area (TPSA) is 71.1 Å². The molecule has 0 fully saturated rings. The Labute approximate surface area is 231 Å². The van der Waals surface area contributed by atoms with Crippen LogP contribution in [-0.2, 0) is 39.7 Å². The van der Waals surface area contributed by atoms with Crippen LogP contribution < -0.4 is 0 Å². The number of ether oxygens (including phenoxy) is 4. The van der Waals surface area contributed by atoms with Gasteiger partial charge in [-0.15, -0.1) is 0 Å². The molecule has 0 aliphatic carbocycles. The lowest BCUT2D eigenvalue weighted by Crippen LogP contribution is -2.52. The van der Waals surface area contributed by atoms with Gasteiger partial charge >= 0.3 is 24.3 Å². The summed E-state index contributed by atoms with van der Waals surface area (Å²) in [6.07, 6.45) is -12.4. The predicted octanol–water partition coefficient (Wildman–Crippen LogP) is 6.41. The smallest absolute Gasteiger partial charge is 0.432 e. The highest BCUT2D eigenvalue weighted by Crippen LogP contribution is 2.45. The van der Waals surface area contributed by atoms with Gasteiger partial charge in [0.1, 0.15) is 6.10 Å². The standard InChI is InChI=1S/C29H26F6O6/c1-38-26(28(30,31)32,21-14-8-4-9-15-21)24(36)40-19-18-23(20-12-6-3-7-13-20)41-25(37)27(39-2,29(33,34)35)22-16-10-5-11-17-22/h3-17,23H,18-19H2,1-2H3/t23-,26?,27?/m0/s1. The molecule has 3 atom stereocenters. The molecule has 3 aromatic rings. The van der Waals surface area contributed by atoms with E-state index in [1.54, 1.807) is 6.07 Å². The van der Waals surface area contributed by atoms with E-state index in [4.69, 9.17) is 14.2 Å². The maximum atomic E-state index is 14.3. The van der Waals surface area contributed by atoms with Crippen LogP contribution in [0.2, 0.25) is 0 Å². The predicted molar refractivity (Wildman–Crippen MR) is 133 cm³/mol. The summed E-state index contributed by atoms with van der Waals surface area (Å²) >= 11 is 0. The summed E-state index contributed by atoms with van der Waals surface area (Å²) in [5.41, 5.74) is -7.86. The molecule has 0 saturated carbocycles. The molecule has 0 spiro atoms. The average Bonchev–Trinajstić information content (AvgIpc) is 2.94. The minimum Gasteiger partial charge on any atom is -0.463 e. The molecule has 0 aliphatic heterocycles. The third-order valence-corrected chi connectivity index (χ3v) is 6.38. The van der Waals surface area contributed by atoms with Crippen molar-refractivity contribution in [2.24, 2.45) is 0 Å². The highest BCUT2D eigenvalue weighted by molar-refractivity contribution is 5.83. The molecule has 0 aromatic heterocycles. The van der Waals surface area contributed by atoms with E-state index in [1.807, 2.05) is 0 Å². The lowest BCUT2D eigenvalue weighted by molar-refractivity contribution is -0.278. The van der Waals surface area contributed by atoms with E-state index in [-0.39, 0.29) is 5.56 Å². The van der Waals surface area contributed by atoms with Crippen LogP contribution in [0.1, 0.15) is 29.2 Å². The van der Waals surface area contributed by atoms with Gasteiger partial charge < -0.3 is 18.9 Å². The summed E-state index contributed by atoms with van der Waals surface area (Å²) in [4.78, 5) is 26.1. The molecule has 0 heterocycles. The zero-order valence-corrected chi connectivity index (χ0v) is 21.9. The van der Waals surface area contributed by atoms with Gasteiger partial charge in [0.05, 0.1) is 6.61 Å². The van der Waals surface area contributed by atoms with Crippen LogP contribution in [0.15, 0.2) is 91.0 Å². The molecule has 0 bridgehead atoms. The Kier molecular flexibility index (Phi) is 9.82. The molecular formula is C29H26F6O6. The molecule has 3 rings (SSSR count). The number of esters is 2. The van der Waals surface area contributed by atoms with E-state index in [1.165, 1.54) is 60.7 Å². The number of methoxy groups -OCH3 is 2. The molecule has 220 valence electrons. The van der Waals surface area contributed by atoms with Gasteiger partial charge in [-0.2, -0.15) is 26.3 Å². The first-order chi connectivity index (χ1) is 19.3. The quantitative estimate of drug-likeness (QED) is 0.192. The highest BCUT2D eigenvalue weighted by atomic mass is 19.4. The van der Waals surface area contributed by atoms with Crippen LogP contribution in [-0.4, -0.2) is 45.1 Å². The van der Waals surface area contributed by atoms with Crippen molar-refractivity contribution in [1.29, 1.82) is 0 Å². The Morgan fingerprint density at radius 2 is 1.02 bits per heavy atom. The molecule has 0 N–H and O–H groups in total. The molecule has 3 aromatic carbocycles. The Balaban J connectivity index is 1.90. The van der Waals surface area contributed by atoms with E-state index >= 15 is 0 Å². The van der Waals surface area contributed by atoms with Crippen LogP contribution in [0.4, 0.5) is 26.3 Å². The number of carbonyl (C=O) groups is 2. The first-order valence-corrected chi connectivity index (χ1v) is 12.1. The van der Waals surface area contributed by atoms with Gasteiger partial charge in [-0.1, -0.05) is 91.0 Å². The highest BCUT2D eigenvalue weighted by Gasteiger charge is 2.65. The SMILES string of the molecule is COC(C(=O)OCC[C@H](OC(=O)C(OC)(c1ccccc1)C(F)(F)F)c1ccccc1)(c1ccccc1)C(F)(F)F. The number of halogens is 6. The molecule has 6 nitrogen and oxygen atoms in total. The summed E-state index contributed by atoms with van der Waals surface area (Å²) in [5.74, 6) is -3.62. The van der Waals surface area contributed by atoms with Crippen molar-refractivity contribution in [3.8, 4) is 0 Å². The number of benzene rings is 3. The molecule has 0 saturated heterocycles. The van der Waals surface area contributed by atoms with Crippen molar-refractivity contribution in [3.05, 3.63) is 108 Å². The maximum absolute atomic E-state index is 14.3. The molecule has 0 amide bonds. The molecule has 41 heavy (non-hydrogen) atoms. The number of hydrogen-bond acceptors (Lipinski definition) is 6. The van der Waals surface area contributed by atoms with E-state index < -0.39 is 65.8 Å². The monoisotopic (exact) mass is 584 g/mol. The maximum Gasteiger partial charge on any atom is 0.432 e. The fraction of sp³-hybridized carbons (Fsp3) is 0.310. The Hall–Kier alpha value is -3.90. The number of alkyl halides is 6. The van der Waals surface area contributed by atoms with Crippen molar-refractivity contribution in [3.63, 3.8) is 0 Å². The first-order valence-electron chi connectivity index (χ1n) is 12.1. The molecule has 0 aliphatic rings. The van der Waals surface area contributed by atoms with Crippen molar-refractivity contribution < 1.29 is 54.9 Å². The van der Waals surface area contributed by atoms with E-state index in [2.05, 4.69) is 4.74 Å². The van der Waals surface area contributed by atoms with Gasteiger partial charge in [0.25, 0.3) is 11.2 Å². The van der Waals surface area contributed by atoms with Crippen LogP contribution in [0.5, 0.6) is 0 Å². The zero-order valence-electron chi connectivity index (χ0n) is 21.9. The summed E-state index contributed by atoms with van der Waals surface area (Å²) in [6.45, 7) is -0.767.